The van der Waals surface area contributed by atoms with Gasteiger partial charge in [0.15, 0.2) is 10.9 Å². The molecule has 0 aliphatic rings. The lowest BCUT2D eigenvalue weighted by molar-refractivity contribution is 0.102. The third kappa shape index (κ3) is 3.22. The van der Waals surface area contributed by atoms with Gasteiger partial charge in [0.05, 0.1) is 18.2 Å². The molecule has 0 aliphatic carbocycles. The van der Waals surface area contributed by atoms with Crippen molar-refractivity contribution in [1.29, 1.82) is 0 Å². The molecule has 2 aromatic heterocycles. The number of hydrogen-bond donors (Lipinski definition) is 0. The van der Waals surface area contributed by atoms with Gasteiger partial charge in [0.2, 0.25) is 0 Å². The number of Topliss-reactive ketones (excluding diaryl/α,β-unsaturated/α-hetero) is 1. The molecule has 0 unspecified atom stereocenters. The van der Waals surface area contributed by atoms with Crippen LogP contribution in [0, 0.1) is 6.92 Å². The van der Waals surface area contributed by atoms with Gasteiger partial charge >= 0.3 is 0 Å². The number of aromatic nitrogens is 2. The van der Waals surface area contributed by atoms with Gasteiger partial charge in [0, 0.05) is 17.5 Å². The summed E-state index contributed by atoms with van der Waals surface area (Å²) in [5.41, 5.74) is 0.501. The summed E-state index contributed by atoms with van der Waals surface area (Å²) < 4.78 is 6.64. The maximum atomic E-state index is 12.4. The molecule has 0 saturated carbocycles. The highest BCUT2D eigenvalue weighted by Gasteiger charge is 2.14. The summed E-state index contributed by atoms with van der Waals surface area (Å²) in [6, 6.07) is 8.89. The zero-order valence-corrected chi connectivity index (χ0v) is 15.2. The molecule has 0 fully saturated rings. The molecule has 5 nitrogen and oxygen atoms in total. The fraction of sp³-hybridized carbons (Fsp3) is 0.235. The van der Waals surface area contributed by atoms with E-state index in [1.165, 1.54) is 27.7 Å². The van der Waals surface area contributed by atoms with Crippen molar-refractivity contribution in [3.05, 3.63) is 51.1 Å². The summed E-state index contributed by atoms with van der Waals surface area (Å²) in [5.74, 6) is 0.825. The standard InChI is InChI=1S/C17H16N2O3S2/c1-10-7-13-15(24-10)18-17(19(2)16(13)21)23-9-14(20)11-5-4-6-12(8-11)22-3/h4-8H,9H2,1-3H3. The minimum atomic E-state index is -0.0827. The molecule has 7 heteroatoms. The predicted octanol–water partition coefficient (Wildman–Crippen LogP) is 3.29. The van der Waals surface area contributed by atoms with Crippen LogP contribution in [0.15, 0.2) is 40.3 Å². The Morgan fingerprint density at radius 2 is 2.17 bits per heavy atom. The zero-order valence-electron chi connectivity index (χ0n) is 13.5. The molecular weight excluding hydrogens is 344 g/mol. The van der Waals surface area contributed by atoms with E-state index < -0.39 is 0 Å². The van der Waals surface area contributed by atoms with E-state index in [0.29, 0.717) is 26.7 Å². The molecule has 0 spiro atoms. The number of carbonyl (C=O) groups is 1. The average molecular weight is 360 g/mol. The van der Waals surface area contributed by atoms with Crippen molar-refractivity contribution < 1.29 is 9.53 Å². The van der Waals surface area contributed by atoms with Crippen LogP contribution in [-0.2, 0) is 7.05 Å². The van der Waals surface area contributed by atoms with Gasteiger partial charge in [-0.1, -0.05) is 23.9 Å². The van der Waals surface area contributed by atoms with Crippen LogP contribution in [0.3, 0.4) is 0 Å². The van der Waals surface area contributed by atoms with Crippen molar-refractivity contribution in [2.24, 2.45) is 7.05 Å². The highest BCUT2D eigenvalue weighted by atomic mass is 32.2. The van der Waals surface area contributed by atoms with Crippen LogP contribution in [0.1, 0.15) is 15.2 Å². The van der Waals surface area contributed by atoms with Crippen LogP contribution in [0.4, 0.5) is 0 Å². The topological polar surface area (TPSA) is 61.2 Å². The molecule has 0 N–H and O–H groups in total. The Kier molecular flexibility index (Phi) is 4.73. The molecule has 3 rings (SSSR count). The van der Waals surface area contributed by atoms with E-state index in [1.54, 1.807) is 38.4 Å². The molecule has 0 aliphatic heterocycles. The molecule has 0 radical (unpaired) electrons. The first-order valence-corrected chi connectivity index (χ1v) is 9.07. The maximum absolute atomic E-state index is 12.4. The van der Waals surface area contributed by atoms with E-state index in [-0.39, 0.29) is 17.1 Å². The fourth-order valence-electron chi connectivity index (χ4n) is 2.31. The molecule has 1 aromatic carbocycles. The Hall–Kier alpha value is -2.12. The Morgan fingerprint density at radius 1 is 1.38 bits per heavy atom. The number of fused-ring (bicyclic) bond motifs is 1. The van der Waals surface area contributed by atoms with Crippen LogP contribution in [-0.4, -0.2) is 28.2 Å². The van der Waals surface area contributed by atoms with E-state index in [2.05, 4.69) is 4.98 Å². The highest BCUT2D eigenvalue weighted by Crippen LogP contribution is 2.24. The number of hydrogen-bond acceptors (Lipinski definition) is 6. The van der Waals surface area contributed by atoms with Crippen molar-refractivity contribution in [2.75, 3.05) is 12.9 Å². The van der Waals surface area contributed by atoms with Gasteiger partial charge in [0.1, 0.15) is 10.6 Å². The minimum absolute atomic E-state index is 0.0318. The zero-order chi connectivity index (χ0) is 17.3. The predicted molar refractivity (Wildman–Crippen MR) is 97.6 cm³/mol. The summed E-state index contributed by atoms with van der Waals surface area (Å²) in [6.07, 6.45) is 0. The maximum Gasteiger partial charge on any atom is 0.262 e. The summed E-state index contributed by atoms with van der Waals surface area (Å²) in [7, 11) is 3.25. The molecule has 2 heterocycles. The van der Waals surface area contributed by atoms with Gasteiger partial charge in [-0.2, -0.15) is 0 Å². The van der Waals surface area contributed by atoms with Gasteiger partial charge in [-0.05, 0) is 25.1 Å². The van der Waals surface area contributed by atoms with Gasteiger partial charge < -0.3 is 4.74 Å². The number of ketones is 1. The first kappa shape index (κ1) is 16.7. The summed E-state index contributed by atoms with van der Waals surface area (Å²) >= 11 is 2.76. The van der Waals surface area contributed by atoms with E-state index in [0.717, 1.165) is 4.88 Å². The molecule has 0 atom stereocenters. The van der Waals surface area contributed by atoms with Gasteiger partial charge in [-0.3, -0.25) is 14.2 Å². The Bertz CT molecular complexity index is 976. The monoisotopic (exact) mass is 360 g/mol. The number of ether oxygens (including phenoxy) is 1. The normalized spacial score (nSPS) is 11.0. The lowest BCUT2D eigenvalue weighted by Crippen LogP contribution is -2.19. The number of rotatable bonds is 5. The Morgan fingerprint density at radius 3 is 2.92 bits per heavy atom. The SMILES string of the molecule is COc1cccc(C(=O)CSc2nc3sc(C)cc3c(=O)n2C)c1. The van der Waals surface area contributed by atoms with E-state index in [9.17, 15) is 9.59 Å². The third-order valence-electron chi connectivity index (χ3n) is 3.58. The fourth-order valence-corrected chi connectivity index (χ4v) is 4.09. The van der Waals surface area contributed by atoms with Gasteiger partial charge in [-0.15, -0.1) is 11.3 Å². The lowest BCUT2D eigenvalue weighted by atomic mass is 10.1. The molecule has 124 valence electrons. The third-order valence-corrected chi connectivity index (χ3v) is 5.55. The van der Waals surface area contributed by atoms with E-state index in [4.69, 9.17) is 4.74 Å². The number of thioether (sulfide) groups is 1. The van der Waals surface area contributed by atoms with Crippen molar-refractivity contribution >= 4 is 39.1 Å². The van der Waals surface area contributed by atoms with Gasteiger partial charge in [-0.25, -0.2) is 4.98 Å². The Labute approximate surface area is 147 Å². The first-order valence-electron chi connectivity index (χ1n) is 7.27. The lowest BCUT2D eigenvalue weighted by Gasteiger charge is -2.07. The number of benzene rings is 1. The van der Waals surface area contributed by atoms with Crippen LogP contribution in [0.25, 0.3) is 10.2 Å². The molecule has 0 amide bonds. The molecular formula is C17H16N2O3S2. The van der Waals surface area contributed by atoms with Crippen molar-refractivity contribution in [3.63, 3.8) is 0 Å². The van der Waals surface area contributed by atoms with Crippen molar-refractivity contribution in [2.45, 2.75) is 12.1 Å². The average Bonchev–Trinajstić information content (AvgIpc) is 2.97. The van der Waals surface area contributed by atoms with Crippen LogP contribution >= 0.6 is 23.1 Å². The number of nitrogens with zero attached hydrogens (tertiary/aromatic N) is 2. The summed E-state index contributed by atoms with van der Waals surface area (Å²) in [6.45, 7) is 1.95. The van der Waals surface area contributed by atoms with Crippen LogP contribution in [0.5, 0.6) is 5.75 Å². The number of thiophene rings is 1. The molecule has 0 saturated heterocycles. The highest BCUT2D eigenvalue weighted by molar-refractivity contribution is 7.99. The van der Waals surface area contributed by atoms with Crippen LogP contribution in [0.2, 0.25) is 0 Å². The quantitative estimate of drug-likeness (QED) is 0.397. The van der Waals surface area contributed by atoms with Crippen molar-refractivity contribution in [1.82, 2.24) is 9.55 Å². The van der Waals surface area contributed by atoms with Crippen LogP contribution < -0.4 is 10.3 Å². The summed E-state index contributed by atoms with van der Waals surface area (Å²) in [4.78, 5) is 31.0. The summed E-state index contributed by atoms with van der Waals surface area (Å²) in [5, 5.41) is 1.18. The number of aryl methyl sites for hydroxylation is 1. The van der Waals surface area contributed by atoms with Crippen molar-refractivity contribution in [3.8, 4) is 5.75 Å². The second kappa shape index (κ2) is 6.78. The first-order chi connectivity index (χ1) is 11.5. The second-order valence-corrected chi connectivity index (χ2v) is 7.46. The molecule has 3 aromatic rings. The van der Waals surface area contributed by atoms with E-state index in [1.807, 2.05) is 13.0 Å². The largest absolute Gasteiger partial charge is 0.497 e. The van der Waals surface area contributed by atoms with Gasteiger partial charge in [0.25, 0.3) is 5.56 Å². The molecule has 0 bridgehead atoms. The number of methoxy groups -OCH3 is 1. The number of carbonyl (C=O) groups excluding carboxylic acids is 1. The van der Waals surface area contributed by atoms with E-state index >= 15 is 0 Å². The minimum Gasteiger partial charge on any atom is -0.497 e. The smallest absolute Gasteiger partial charge is 0.262 e. The Balaban J connectivity index is 1.83. The second-order valence-electron chi connectivity index (χ2n) is 5.28. The molecule has 24 heavy (non-hydrogen) atoms.